The van der Waals surface area contributed by atoms with Crippen molar-refractivity contribution >= 4 is 11.6 Å². The van der Waals surface area contributed by atoms with Gasteiger partial charge in [0, 0.05) is 6.04 Å². The summed E-state index contributed by atoms with van der Waals surface area (Å²) in [6.07, 6.45) is 2.05. The lowest BCUT2D eigenvalue weighted by atomic mass is 10.0. The summed E-state index contributed by atoms with van der Waals surface area (Å²) in [5, 5.41) is 0.640. The van der Waals surface area contributed by atoms with Gasteiger partial charge in [-0.05, 0) is 31.0 Å². The fraction of sp³-hybridized carbons (Fsp3) is 0.500. The highest BCUT2D eigenvalue weighted by molar-refractivity contribution is 6.32. The summed E-state index contributed by atoms with van der Waals surface area (Å²) in [4.78, 5) is 0. The highest BCUT2D eigenvalue weighted by Crippen LogP contribution is 2.28. The molecule has 0 saturated heterocycles. The van der Waals surface area contributed by atoms with Crippen molar-refractivity contribution in [3.63, 3.8) is 0 Å². The van der Waals surface area contributed by atoms with Gasteiger partial charge in [0.05, 0.1) is 11.6 Å². The summed E-state index contributed by atoms with van der Waals surface area (Å²) in [5.41, 5.74) is 7.07. The van der Waals surface area contributed by atoms with E-state index >= 15 is 0 Å². The molecule has 1 atom stereocenters. The third-order valence-electron chi connectivity index (χ3n) is 2.28. The van der Waals surface area contributed by atoms with Crippen molar-refractivity contribution < 1.29 is 4.74 Å². The van der Waals surface area contributed by atoms with Gasteiger partial charge in [0.15, 0.2) is 0 Å². The van der Waals surface area contributed by atoms with Gasteiger partial charge in [-0.3, -0.25) is 0 Å². The Morgan fingerprint density at radius 2 is 2.13 bits per heavy atom. The van der Waals surface area contributed by atoms with E-state index in [2.05, 4.69) is 6.92 Å². The van der Waals surface area contributed by atoms with Crippen LogP contribution in [-0.2, 0) is 0 Å². The van der Waals surface area contributed by atoms with Crippen LogP contribution in [0.2, 0.25) is 5.02 Å². The van der Waals surface area contributed by atoms with Gasteiger partial charge in [-0.2, -0.15) is 0 Å². The quantitative estimate of drug-likeness (QED) is 0.835. The van der Waals surface area contributed by atoms with Gasteiger partial charge < -0.3 is 10.5 Å². The van der Waals surface area contributed by atoms with Gasteiger partial charge in [-0.15, -0.1) is 0 Å². The van der Waals surface area contributed by atoms with E-state index in [1.54, 1.807) is 0 Å². The van der Waals surface area contributed by atoms with Crippen molar-refractivity contribution in [2.24, 2.45) is 5.73 Å². The first kappa shape index (κ1) is 12.3. The van der Waals surface area contributed by atoms with E-state index in [0.29, 0.717) is 11.6 Å². The second-order valence-electron chi connectivity index (χ2n) is 3.52. The molecule has 0 aliphatic heterocycles. The Bertz CT molecular complexity index is 314. The molecule has 3 heteroatoms. The minimum absolute atomic E-state index is 0.0724. The first-order chi connectivity index (χ1) is 7.19. The van der Waals surface area contributed by atoms with E-state index < -0.39 is 0 Å². The summed E-state index contributed by atoms with van der Waals surface area (Å²) in [6.45, 7) is 4.68. The van der Waals surface area contributed by atoms with Crippen molar-refractivity contribution in [2.45, 2.75) is 32.7 Å². The van der Waals surface area contributed by atoms with Crippen molar-refractivity contribution in [2.75, 3.05) is 6.61 Å². The average molecular weight is 228 g/mol. The van der Waals surface area contributed by atoms with E-state index in [0.717, 1.165) is 24.2 Å². The molecule has 84 valence electrons. The van der Waals surface area contributed by atoms with Crippen LogP contribution in [0.1, 0.15) is 38.3 Å². The average Bonchev–Trinajstić information content (AvgIpc) is 2.21. The fourth-order valence-electron chi connectivity index (χ4n) is 1.50. The molecule has 0 unspecified atom stereocenters. The number of hydrogen-bond donors (Lipinski definition) is 1. The van der Waals surface area contributed by atoms with E-state index in [-0.39, 0.29) is 6.04 Å². The maximum atomic E-state index is 6.07. The third kappa shape index (κ3) is 3.40. The maximum absolute atomic E-state index is 6.07. The SMILES string of the molecule is CCC[C@H](N)c1ccc(OCC)c(Cl)c1. The molecule has 1 rings (SSSR count). The van der Waals surface area contributed by atoms with Gasteiger partial charge in [0.1, 0.15) is 5.75 Å². The Balaban J connectivity index is 2.81. The highest BCUT2D eigenvalue weighted by Gasteiger charge is 2.08. The summed E-state index contributed by atoms with van der Waals surface area (Å²) < 4.78 is 5.36. The number of benzene rings is 1. The minimum atomic E-state index is 0.0724. The Kier molecular flexibility index (Phi) is 4.92. The number of nitrogens with two attached hydrogens (primary N) is 1. The largest absolute Gasteiger partial charge is 0.492 e. The van der Waals surface area contributed by atoms with Crippen molar-refractivity contribution in [1.29, 1.82) is 0 Å². The molecule has 0 spiro atoms. The van der Waals surface area contributed by atoms with E-state index in [1.165, 1.54) is 0 Å². The molecule has 0 fully saturated rings. The van der Waals surface area contributed by atoms with Crippen LogP contribution >= 0.6 is 11.6 Å². The number of hydrogen-bond acceptors (Lipinski definition) is 2. The Morgan fingerprint density at radius 1 is 1.40 bits per heavy atom. The molecule has 0 amide bonds. The molecule has 15 heavy (non-hydrogen) atoms. The van der Waals surface area contributed by atoms with Crippen LogP contribution in [-0.4, -0.2) is 6.61 Å². The Hall–Kier alpha value is -0.730. The van der Waals surface area contributed by atoms with Gasteiger partial charge in [0.25, 0.3) is 0 Å². The molecule has 1 aromatic carbocycles. The first-order valence-electron chi connectivity index (χ1n) is 5.36. The zero-order chi connectivity index (χ0) is 11.3. The minimum Gasteiger partial charge on any atom is -0.492 e. The summed E-state index contributed by atoms with van der Waals surface area (Å²) in [7, 11) is 0. The second kappa shape index (κ2) is 5.99. The number of rotatable bonds is 5. The molecule has 0 aliphatic carbocycles. The van der Waals surface area contributed by atoms with Crippen LogP contribution in [0.4, 0.5) is 0 Å². The fourth-order valence-corrected chi connectivity index (χ4v) is 1.74. The molecular weight excluding hydrogens is 210 g/mol. The van der Waals surface area contributed by atoms with Gasteiger partial charge in [-0.1, -0.05) is 31.0 Å². The zero-order valence-electron chi connectivity index (χ0n) is 9.29. The number of ether oxygens (including phenoxy) is 1. The summed E-state index contributed by atoms with van der Waals surface area (Å²) >= 11 is 6.07. The van der Waals surface area contributed by atoms with Crippen LogP contribution in [0.15, 0.2) is 18.2 Å². The predicted octanol–water partition coefficient (Wildman–Crippen LogP) is 3.54. The smallest absolute Gasteiger partial charge is 0.137 e. The van der Waals surface area contributed by atoms with Gasteiger partial charge in [-0.25, -0.2) is 0 Å². The topological polar surface area (TPSA) is 35.2 Å². The third-order valence-corrected chi connectivity index (χ3v) is 2.58. The molecule has 0 aliphatic rings. The lowest BCUT2D eigenvalue weighted by molar-refractivity contribution is 0.340. The predicted molar refractivity (Wildman–Crippen MR) is 64.5 cm³/mol. The van der Waals surface area contributed by atoms with E-state index in [1.807, 2.05) is 25.1 Å². The molecule has 0 heterocycles. The van der Waals surface area contributed by atoms with Crippen LogP contribution in [0.5, 0.6) is 5.75 Å². The summed E-state index contributed by atoms with van der Waals surface area (Å²) in [6, 6.07) is 5.84. The Morgan fingerprint density at radius 3 is 2.67 bits per heavy atom. The van der Waals surface area contributed by atoms with Gasteiger partial charge in [0.2, 0.25) is 0 Å². The molecule has 0 radical (unpaired) electrons. The second-order valence-corrected chi connectivity index (χ2v) is 3.93. The summed E-state index contributed by atoms with van der Waals surface area (Å²) in [5.74, 6) is 0.728. The van der Waals surface area contributed by atoms with Crippen molar-refractivity contribution in [3.8, 4) is 5.75 Å². The molecule has 2 N–H and O–H groups in total. The zero-order valence-corrected chi connectivity index (χ0v) is 10.1. The highest BCUT2D eigenvalue weighted by atomic mass is 35.5. The Labute approximate surface area is 96.4 Å². The number of halogens is 1. The normalized spacial score (nSPS) is 12.5. The lowest BCUT2D eigenvalue weighted by Crippen LogP contribution is -2.09. The standard InChI is InChI=1S/C12H18ClNO/c1-3-5-11(14)9-6-7-12(15-4-2)10(13)8-9/h6-8,11H,3-5,14H2,1-2H3/t11-/m0/s1. The van der Waals surface area contributed by atoms with Crippen molar-refractivity contribution in [3.05, 3.63) is 28.8 Å². The molecule has 0 bridgehead atoms. The maximum Gasteiger partial charge on any atom is 0.137 e. The van der Waals surface area contributed by atoms with Crippen LogP contribution in [0.3, 0.4) is 0 Å². The molecule has 1 aromatic rings. The molecule has 0 saturated carbocycles. The molecule has 0 aromatic heterocycles. The van der Waals surface area contributed by atoms with E-state index in [4.69, 9.17) is 22.1 Å². The van der Waals surface area contributed by atoms with Crippen LogP contribution < -0.4 is 10.5 Å². The molecule has 2 nitrogen and oxygen atoms in total. The van der Waals surface area contributed by atoms with Crippen LogP contribution in [0, 0.1) is 0 Å². The van der Waals surface area contributed by atoms with E-state index in [9.17, 15) is 0 Å². The lowest BCUT2D eigenvalue weighted by Gasteiger charge is -2.13. The first-order valence-corrected chi connectivity index (χ1v) is 5.74. The monoisotopic (exact) mass is 227 g/mol. The van der Waals surface area contributed by atoms with Crippen molar-refractivity contribution in [1.82, 2.24) is 0 Å². The van der Waals surface area contributed by atoms with Crippen LogP contribution in [0.25, 0.3) is 0 Å². The van der Waals surface area contributed by atoms with Gasteiger partial charge >= 0.3 is 0 Å². The molecular formula is C12H18ClNO.